The molecule has 0 saturated carbocycles. The average molecular weight is 297 g/mol. The van der Waals surface area contributed by atoms with Gasteiger partial charge in [-0.25, -0.2) is 0 Å². The molecule has 1 nitrogen and oxygen atoms in total. The Balaban J connectivity index is 1.77. The minimum atomic E-state index is 0.460. The molecule has 3 aromatic rings. The first kappa shape index (κ1) is 14.0. The summed E-state index contributed by atoms with van der Waals surface area (Å²) in [5.41, 5.74) is 2.36. The maximum Gasteiger partial charge on any atom is 0.124 e. The largest absolute Gasteiger partial charge is 0.493 e. The lowest BCUT2D eigenvalue weighted by Gasteiger charge is -2.12. The second-order valence-electron chi connectivity index (χ2n) is 4.98. The van der Waals surface area contributed by atoms with Crippen molar-refractivity contribution < 1.29 is 4.74 Å². The highest BCUT2D eigenvalue weighted by atomic mass is 35.5. The number of rotatable bonds is 5. The van der Waals surface area contributed by atoms with Crippen molar-refractivity contribution in [2.45, 2.75) is 12.3 Å². The van der Waals surface area contributed by atoms with Crippen LogP contribution in [-0.4, -0.2) is 6.61 Å². The van der Waals surface area contributed by atoms with Gasteiger partial charge in [0.05, 0.1) is 12.5 Å². The normalized spacial score (nSPS) is 10.7. The second-order valence-corrected chi connectivity index (χ2v) is 5.25. The quantitative estimate of drug-likeness (QED) is 0.588. The van der Waals surface area contributed by atoms with Crippen molar-refractivity contribution in [1.29, 1.82) is 0 Å². The summed E-state index contributed by atoms with van der Waals surface area (Å²) in [7, 11) is 0. The van der Waals surface area contributed by atoms with Gasteiger partial charge in [-0.15, -0.1) is 11.6 Å². The highest BCUT2D eigenvalue weighted by Crippen LogP contribution is 2.29. The van der Waals surface area contributed by atoms with Gasteiger partial charge in [-0.2, -0.15) is 0 Å². The number of alkyl halides is 1. The van der Waals surface area contributed by atoms with Gasteiger partial charge in [0.2, 0.25) is 0 Å². The maximum absolute atomic E-state index is 6.13. The van der Waals surface area contributed by atoms with Gasteiger partial charge in [0.15, 0.2) is 0 Å². The van der Waals surface area contributed by atoms with Crippen LogP contribution in [0.25, 0.3) is 10.8 Å². The molecule has 0 aliphatic carbocycles. The van der Waals surface area contributed by atoms with Gasteiger partial charge in [0.1, 0.15) is 5.75 Å². The van der Waals surface area contributed by atoms with Crippen LogP contribution in [0.5, 0.6) is 5.75 Å². The zero-order chi connectivity index (χ0) is 14.5. The Hall–Kier alpha value is -1.99. The molecule has 0 bridgehead atoms. The van der Waals surface area contributed by atoms with E-state index in [9.17, 15) is 0 Å². The van der Waals surface area contributed by atoms with Gasteiger partial charge in [-0.05, 0) is 22.4 Å². The number of ether oxygens (including phenoxy) is 1. The molecule has 3 aromatic carbocycles. The summed E-state index contributed by atoms with van der Waals surface area (Å²) >= 11 is 6.13. The first-order valence-electron chi connectivity index (χ1n) is 7.12. The lowest BCUT2D eigenvalue weighted by atomic mass is 10.0. The zero-order valence-corrected chi connectivity index (χ0v) is 12.5. The average Bonchev–Trinajstić information content (AvgIpc) is 2.55. The van der Waals surface area contributed by atoms with E-state index in [1.165, 1.54) is 16.3 Å². The number of fused-ring (bicyclic) bond motifs is 1. The van der Waals surface area contributed by atoms with E-state index in [2.05, 4.69) is 42.5 Å². The van der Waals surface area contributed by atoms with Crippen molar-refractivity contribution in [2.75, 3.05) is 6.61 Å². The molecule has 21 heavy (non-hydrogen) atoms. The Labute approximate surface area is 130 Å². The number of hydrogen-bond donors (Lipinski definition) is 0. The SMILES string of the molecule is ClCc1c(OCCc2ccccc2)ccc2ccccc12. The van der Waals surface area contributed by atoms with Crippen LogP contribution < -0.4 is 4.74 Å². The van der Waals surface area contributed by atoms with Crippen LogP contribution in [0.3, 0.4) is 0 Å². The van der Waals surface area contributed by atoms with E-state index in [1.54, 1.807) is 0 Å². The van der Waals surface area contributed by atoms with Crippen molar-refractivity contribution in [2.24, 2.45) is 0 Å². The minimum absolute atomic E-state index is 0.460. The summed E-state index contributed by atoms with van der Waals surface area (Å²) in [4.78, 5) is 0. The van der Waals surface area contributed by atoms with Crippen molar-refractivity contribution in [1.82, 2.24) is 0 Å². The number of benzene rings is 3. The summed E-state index contributed by atoms with van der Waals surface area (Å²) in [5, 5.41) is 2.37. The van der Waals surface area contributed by atoms with Gasteiger partial charge in [-0.3, -0.25) is 0 Å². The molecule has 3 rings (SSSR count). The predicted octanol–water partition coefficient (Wildman–Crippen LogP) is 5.20. The fraction of sp³-hybridized carbons (Fsp3) is 0.158. The Morgan fingerprint density at radius 2 is 1.57 bits per heavy atom. The van der Waals surface area contributed by atoms with E-state index in [-0.39, 0.29) is 0 Å². The summed E-state index contributed by atoms with van der Waals surface area (Å²) in [6, 6.07) is 22.7. The smallest absolute Gasteiger partial charge is 0.124 e. The van der Waals surface area contributed by atoms with E-state index in [0.29, 0.717) is 12.5 Å². The molecule has 2 heteroatoms. The Kier molecular flexibility index (Phi) is 4.42. The van der Waals surface area contributed by atoms with Crippen LogP contribution in [0.15, 0.2) is 66.7 Å². The molecule has 0 heterocycles. The lowest BCUT2D eigenvalue weighted by molar-refractivity contribution is 0.320. The predicted molar refractivity (Wildman–Crippen MR) is 89.1 cm³/mol. The molecule has 0 aromatic heterocycles. The summed E-state index contributed by atoms with van der Waals surface area (Å²) in [5.74, 6) is 1.35. The molecular formula is C19H17ClO. The van der Waals surface area contributed by atoms with Gasteiger partial charge in [0.25, 0.3) is 0 Å². The van der Waals surface area contributed by atoms with Crippen molar-refractivity contribution in [3.05, 3.63) is 77.9 Å². The molecule has 0 spiro atoms. The third kappa shape index (κ3) is 3.20. The third-order valence-corrected chi connectivity index (χ3v) is 3.89. The van der Waals surface area contributed by atoms with E-state index in [1.807, 2.05) is 24.3 Å². The standard InChI is InChI=1S/C19H17ClO/c20-14-18-17-9-5-4-8-16(17)10-11-19(18)21-13-12-15-6-2-1-3-7-15/h1-11H,12-14H2. The third-order valence-electron chi connectivity index (χ3n) is 3.62. The molecule has 0 saturated heterocycles. The van der Waals surface area contributed by atoms with E-state index in [4.69, 9.17) is 16.3 Å². The number of halogens is 1. The zero-order valence-electron chi connectivity index (χ0n) is 11.8. The van der Waals surface area contributed by atoms with E-state index >= 15 is 0 Å². The Bertz CT molecular complexity index is 722. The highest BCUT2D eigenvalue weighted by Gasteiger charge is 2.07. The molecular weight excluding hydrogens is 280 g/mol. The van der Waals surface area contributed by atoms with Crippen LogP contribution in [0.2, 0.25) is 0 Å². The first-order valence-corrected chi connectivity index (χ1v) is 7.65. The molecule has 106 valence electrons. The molecule has 0 fully saturated rings. The molecule has 0 atom stereocenters. The lowest BCUT2D eigenvalue weighted by Crippen LogP contribution is -2.03. The molecule has 0 amide bonds. The molecule has 0 unspecified atom stereocenters. The van der Waals surface area contributed by atoms with Crippen molar-refractivity contribution in [3.63, 3.8) is 0 Å². The monoisotopic (exact) mass is 296 g/mol. The van der Waals surface area contributed by atoms with Gasteiger partial charge < -0.3 is 4.74 Å². The molecule has 0 aliphatic rings. The van der Waals surface area contributed by atoms with E-state index in [0.717, 1.165) is 17.7 Å². The van der Waals surface area contributed by atoms with Crippen molar-refractivity contribution in [3.8, 4) is 5.75 Å². The Morgan fingerprint density at radius 1 is 0.810 bits per heavy atom. The minimum Gasteiger partial charge on any atom is -0.493 e. The van der Waals surface area contributed by atoms with Crippen LogP contribution in [-0.2, 0) is 12.3 Å². The fourth-order valence-electron chi connectivity index (χ4n) is 2.51. The first-order chi connectivity index (χ1) is 10.4. The molecule has 0 radical (unpaired) electrons. The van der Waals surface area contributed by atoms with Crippen LogP contribution in [0.4, 0.5) is 0 Å². The highest BCUT2D eigenvalue weighted by molar-refractivity contribution is 6.18. The van der Waals surface area contributed by atoms with Crippen LogP contribution >= 0.6 is 11.6 Å². The maximum atomic E-state index is 6.13. The fourth-order valence-corrected chi connectivity index (χ4v) is 2.79. The summed E-state index contributed by atoms with van der Waals surface area (Å²) in [6.45, 7) is 0.659. The van der Waals surface area contributed by atoms with Gasteiger partial charge in [-0.1, -0.05) is 60.7 Å². The summed E-state index contributed by atoms with van der Waals surface area (Å²) in [6.07, 6.45) is 0.898. The molecule has 0 aliphatic heterocycles. The second kappa shape index (κ2) is 6.64. The van der Waals surface area contributed by atoms with Crippen LogP contribution in [0, 0.1) is 0 Å². The molecule has 0 N–H and O–H groups in total. The Morgan fingerprint density at radius 3 is 2.38 bits per heavy atom. The van der Waals surface area contributed by atoms with Gasteiger partial charge in [0, 0.05) is 12.0 Å². The van der Waals surface area contributed by atoms with Crippen LogP contribution in [0.1, 0.15) is 11.1 Å². The number of hydrogen-bond acceptors (Lipinski definition) is 1. The van der Waals surface area contributed by atoms with E-state index < -0.39 is 0 Å². The topological polar surface area (TPSA) is 9.23 Å². The van der Waals surface area contributed by atoms with Gasteiger partial charge >= 0.3 is 0 Å². The summed E-state index contributed by atoms with van der Waals surface area (Å²) < 4.78 is 5.96. The van der Waals surface area contributed by atoms with Crippen molar-refractivity contribution >= 4 is 22.4 Å².